The molecule has 0 spiro atoms. The minimum Gasteiger partial charge on any atom is -0.328 e. The first-order valence-corrected chi connectivity index (χ1v) is 11.1. The van der Waals surface area contributed by atoms with Crippen molar-refractivity contribution >= 4 is 21.6 Å². The Hall–Kier alpha value is -1.98. The van der Waals surface area contributed by atoms with Crippen molar-refractivity contribution in [3.8, 4) is 11.1 Å². The fraction of sp³-hybridized carbons (Fsp3) is 0.455. The number of thiophene rings is 1. The molecule has 0 amide bonds. The molecule has 140 valence electrons. The number of nitrogens with zero attached hydrogens (tertiary/aromatic N) is 1. The molecule has 3 aromatic rings. The summed E-state index contributed by atoms with van der Waals surface area (Å²) in [5, 5.41) is 2.79. The first-order chi connectivity index (χ1) is 13.3. The third kappa shape index (κ3) is 3.34. The Morgan fingerprint density at radius 1 is 1.11 bits per heavy atom. The van der Waals surface area contributed by atoms with Gasteiger partial charge in [0.25, 0.3) is 5.56 Å². The molecule has 1 aromatic carbocycles. The van der Waals surface area contributed by atoms with Gasteiger partial charge in [-0.25, -0.2) is 4.98 Å². The van der Waals surface area contributed by atoms with Crippen molar-refractivity contribution in [1.29, 1.82) is 0 Å². The molecule has 5 heteroatoms. The van der Waals surface area contributed by atoms with Crippen LogP contribution in [0, 0.1) is 11.8 Å². The number of nitrogens with one attached hydrogen (secondary N) is 2. The van der Waals surface area contributed by atoms with Gasteiger partial charge in [0, 0.05) is 16.9 Å². The molecule has 3 atom stereocenters. The van der Waals surface area contributed by atoms with Gasteiger partial charge in [-0.05, 0) is 30.7 Å². The van der Waals surface area contributed by atoms with E-state index in [9.17, 15) is 4.79 Å². The molecule has 2 N–H and O–H groups in total. The van der Waals surface area contributed by atoms with Crippen LogP contribution < -0.4 is 10.5 Å². The van der Waals surface area contributed by atoms with E-state index in [0.29, 0.717) is 0 Å². The summed E-state index contributed by atoms with van der Waals surface area (Å²) in [5.74, 6) is 2.67. The summed E-state index contributed by atoms with van der Waals surface area (Å²) < 4.78 is 0. The molecular formula is C22H26N3OS+. The zero-order valence-electron chi connectivity index (χ0n) is 15.5. The molecule has 4 nitrogen and oxygen atoms in total. The van der Waals surface area contributed by atoms with Crippen LogP contribution in [0.5, 0.6) is 0 Å². The van der Waals surface area contributed by atoms with E-state index in [4.69, 9.17) is 4.98 Å². The second kappa shape index (κ2) is 7.21. The van der Waals surface area contributed by atoms with Gasteiger partial charge in [-0.2, -0.15) is 0 Å². The monoisotopic (exact) mass is 380 g/mol. The second-order valence-electron chi connectivity index (χ2n) is 8.18. The first kappa shape index (κ1) is 17.1. The normalized spacial score (nSPS) is 25.4. The summed E-state index contributed by atoms with van der Waals surface area (Å²) in [4.78, 5) is 23.2. The zero-order chi connectivity index (χ0) is 18.2. The Bertz CT molecular complexity index is 994. The molecule has 1 saturated heterocycles. The highest BCUT2D eigenvalue weighted by molar-refractivity contribution is 7.17. The lowest BCUT2D eigenvalue weighted by Crippen LogP contribution is -3.12. The highest BCUT2D eigenvalue weighted by Gasteiger charge is 2.33. The van der Waals surface area contributed by atoms with Crippen LogP contribution in [0.4, 0.5) is 0 Å². The molecule has 1 saturated carbocycles. The smallest absolute Gasteiger partial charge is 0.260 e. The van der Waals surface area contributed by atoms with Crippen LogP contribution in [0.3, 0.4) is 0 Å². The van der Waals surface area contributed by atoms with E-state index >= 15 is 0 Å². The molecule has 5 rings (SSSR count). The molecule has 3 heterocycles. The molecule has 27 heavy (non-hydrogen) atoms. The molecule has 0 radical (unpaired) electrons. The van der Waals surface area contributed by atoms with Crippen LogP contribution >= 0.6 is 11.3 Å². The molecular weight excluding hydrogens is 354 g/mol. The van der Waals surface area contributed by atoms with Gasteiger partial charge in [-0.3, -0.25) is 4.79 Å². The summed E-state index contributed by atoms with van der Waals surface area (Å²) in [6, 6.07) is 10.1. The number of rotatable bonds is 3. The van der Waals surface area contributed by atoms with E-state index in [1.165, 1.54) is 45.2 Å². The van der Waals surface area contributed by atoms with Crippen LogP contribution in [0.25, 0.3) is 21.3 Å². The number of H-pyrrole nitrogens is 1. The summed E-state index contributed by atoms with van der Waals surface area (Å²) in [7, 11) is 0. The van der Waals surface area contributed by atoms with Crippen LogP contribution in [0.15, 0.2) is 40.5 Å². The van der Waals surface area contributed by atoms with Gasteiger partial charge < -0.3 is 9.88 Å². The number of quaternary nitrogens is 1. The number of likely N-dealkylation sites (tertiary alicyclic amines) is 1. The van der Waals surface area contributed by atoms with E-state index in [1.54, 1.807) is 16.2 Å². The lowest BCUT2D eigenvalue weighted by atomic mass is 9.75. The summed E-state index contributed by atoms with van der Waals surface area (Å²) in [6.07, 6.45) is 6.97. The number of hydrogen-bond donors (Lipinski definition) is 2. The minimum absolute atomic E-state index is 0.00190. The minimum atomic E-state index is 0.00190. The largest absolute Gasteiger partial charge is 0.328 e. The maximum Gasteiger partial charge on any atom is 0.260 e. The zero-order valence-corrected chi connectivity index (χ0v) is 16.4. The van der Waals surface area contributed by atoms with Crippen molar-refractivity contribution in [2.45, 2.75) is 38.6 Å². The second-order valence-corrected chi connectivity index (χ2v) is 9.04. The third-order valence-electron chi connectivity index (χ3n) is 6.48. The molecule has 2 fully saturated rings. The number of benzene rings is 1. The van der Waals surface area contributed by atoms with Gasteiger partial charge in [0.1, 0.15) is 11.4 Å². The highest BCUT2D eigenvalue weighted by Crippen LogP contribution is 2.33. The number of fused-ring (bicyclic) bond motifs is 2. The van der Waals surface area contributed by atoms with Gasteiger partial charge in [0.15, 0.2) is 5.82 Å². The Balaban J connectivity index is 1.40. The van der Waals surface area contributed by atoms with E-state index in [1.807, 2.05) is 30.3 Å². The molecule has 1 unspecified atom stereocenters. The standard InChI is InChI=1S/C22H25N3OS/c26-21-20-18(16-7-2-1-3-8-16)14-27-22(20)24-19(23-21)13-25-11-10-15-6-4-5-9-17(15)12-25/h1-3,7-8,14-15,17H,4-6,9-13H2,(H,23,24,26)/p+1/t15-,17-/m1/s1. The summed E-state index contributed by atoms with van der Waals surface area (Å²) >= 11 is 1.58. The fourth-order valence-corrected chi connectivity index (χ4v) is 6.07. The third-order valence-corrected chi connectivity index (χ3v) is 7.35. The summed E-state index contributed by atoms with van der Waals surface area (Å²) in [6.45, 7) is 3.29. The Labute approximate surface area is 163 Å². The predicted octanol–water partition coefficient (Wildman–Crippen LogP) is 3.25. The molecule has 2 aliphatic rings. The van der Waals surface area contributed by atoms with Crippen molar-refractivity contribution in [3.05, 3.63) is 51.9 Å². The fourth-order valence-electron chi connectivity index (χ4n) is 5.10. The van der Waals surface area contributed by atoms with E-state index in [0.717, 1.165) is 45.5 Å². The Kier molecular flexibility index (Phi) is 4.58. The van der Waals surface area contributed by atoms with Gasteiger partial charge in [0.2, 0.25) is 0 Å². The van der Waals surface area contributed by atoms with Crippen LogP contribution in [0.1, 0.15) is 37.9 Å². The van der Waals surface area contributed by atoms with Gasteiger partial charge in [-0.1, -0.05) is 43.2 Å². The maximum atomic E-state index is 12.8. The number of hydrogen-bond acceptors (Lipinski definition) is 3. The number of aromatic amines is 1. The van der Waals surface area contributed by atoms with Gasteiger partial charge in [-0.15, -0.1) is 11.3 Å². The van der Waals surface area contributed by atoms with E-state index in [2.05, 4.69) is 10.4 Å². The summed E-state index contributed by atoms with van der Waals surface area (Å²) in [5.41, 5.74) is 2.07. The average Bonchev–Trinajstić information content (AvgIpc) is 3.13. The highest BCUT2D eigenvalue weighted by atomic mass is 32.1. The molecule has 2 aromatic heterocycles. The van der Waals surface area contributed by atoms with E-state index < -0.39 is 0 Å². The Morgan fingerprint density at radius 3 is 2.78 bits per heavy atom. The molecule has 0 bridgehead atoms. The van der Waals surface area contributed by atoms with Crippen LogP contribution in [-0.4, -0.2) is 23.1 Å². The lowest BCUT2D eigenvalue weighted by Gasteiger charge is -2.38. The topological polar surface area (TPSA) is 50.2 Å². The average molecular weight is 381 g/mol. The van der Waals surface area contributed by atoms with Gasteiger partial charge in [0.05, 0.1) is 18.5 Å². The molecule has 1 aliphatic carbocycles. The van der Waals surface area contributed by atoms with Gasteiger partial charge >= 0.3 is 0 Å². The SMILES string of the molecule is O=c1[nH]c(C[NH+]2CC[C@H]3CCCC[C@@H]3C2)nc2scc(-c3ccccc3)c12. The predicted molar refractivity (Wildman–Crippen MR) is 110 cm³/mol. The van der Waals surface area contributed by atoms with Crippen LogP contribution in [-0.2, 0) is 6.54 Å². The number of piperidine rings is 1. The Morgan fingerprint density at radius 2 is 1.93 bits per heavy atom. The van der Waals surface area contributed by atoms with Crippen molar-refractivity contribution in [2.75, 3.05) is 13.1 Å². The molecule has 1 aliphatic heterocycles. The number of aromatic nitrogens is 2. The van der Waals surface area contributed by atoms with Crippen molar-refractivity contribution in [1.82, 2.24) is 9.97 Å². The van der Waals surface area contributed by atoms with E-state index in [-0.39, 0.29) is 5.56 Å². The lowest BCUT2D eigenvalue weighted by molar-refractivity contribution is -0.924. The maximum absolute atomic E-state index is 12.8. The van der Waals surface area contributed by atoms with Crippen molar-refractivity contribution in [3.63, 3.8) is 0 Å². The van der Waals surface area contributed by atoms with Crippen molar-refractivity contribution in [2.24, 2.45) is 11.8 Å². The van der Waals surface area contributed by atoms with Crippen molar-refractivity contribution < 1.29 is 4.90 Å². The first-order valence-electron chi connectivity index (χ1n) is 10.2. The quantitative estimate of drug-likeness (QED) is 0.733. The van der Waals surface area contributed by atoms with Crippen LogP contribution in [0.2, 0.25) is 0 Å².